The van der Waals surface area contributed by atoms with E-state index in [1.54, 1.807) is 0 Å². The summed E-state index contributed by atoms with van der Waals surface area (Å²) in [7, 11) is 0. The van der Waals surface area contributed by atoms with Gasteiger partial charge in [0.2, 0.25) is 0 Å². The minimum atomic E-state index is -0.707. The van der Waals surface area contributed by atoms with Gasteiger partial charge in [0.1, 0.15) is 0 Å². The number of carbonyl (C=O) groups is 1. The molecule has 126 valence electrons. The summed E-state index contributed by atoms with van der Waals surface area (Å²) in [6.45, 7) is 7.05. The Balaban J connectivity index is 1.66. The zero-order valence-electron chi connectivity index (χ0n) is 13.6. The quantitative estimate of drug-likeness (QED) is 0.538. The summed E-state index contributed by atoms with van der Waals surface area (Å²) in [4.78, 5) is 14.4. The van der Waals surface area contributed by atoms with E-state index in [0.717, 1.165) is 58.2 Å². The Morgan fingerprint density at radius 1 is 1.23 bits per heavy atom. The first kappa shape index (κ1) is 17.3. The predicted octanol–water partition coefficient (Wildman–Crippen LogP) is 2.02. The Morgan fingerprint density at radius 3 is 2.45 bits per heavy atom. The molecule has 22 heavy (non-hydrogen) atoms. The van der Waals surface area contributed by atoms with Crippen LogP contribution >= 0.6 is 0 Å². The van der Waals surface area contributed by atoms with Crippen LogP contribution in [0.3, 0.4) is 0 Å². The highest BCUT2D eigenvalue weighted by molar-refractivity contribution is 5.74. The van der Waals surface area contributed by atoms with Crippen LogP contribution in [-0.4, -0.2) is 53.9 Å². The number of hydrogen-bond donors (Lipinski definition) is 3. The highest BCUT2D eigenvalue weighted by Gasteiger charge is 2.28. The van der Waals surface area contributed by atoms with Gasteiger partial charge >= 0.3 is 6.03 Å². The third kappa shape index (κ3) is 5.61. The molecule has 2 fully saturated rings. The molecular formula is C17H31N3O2. The molecule has 5 heteroatoms. The molecule has 1 aliphatic carbocycles. The van der Waals surface area contributed by atoms with E-state index in [1.165, 1.54) is 12.8 Å². The lowest BCUT2D eigenvalue weighted by Gasteiger charge is -2.32. The molecule has 2 rings (SSSR count). The zero-order valence-corrected chi connectivity index (χ0v) is 13.6. The van der Waals surface area contributed by atoms with E-state index in [9.17, 15) is 9.90 Å². The summed E-state index contributed by atoms with van der Waals surface area (Å²) in [5, 5.41) is 16.5. The second kappa shape index (κ2) is 8.53. The smallest absolute Gasteiger partial charge is 0.315 e. The lowest BCUT2D eigenvalue weighted by Crippen LogP contribution is -2.51. The second-order valence-electron chi connectivity index (χ2n) is 6.83. The van der Waals surface area contributed by atoms with E-state index in [-0.39, 0.29) is 12.1 Å². The van der Waals surface area contributed by atoms with Crippen molar-refractivity contribution in [3.05, 3.63) is 12.7 Å². The molecule has 3 N–H and O–H groups in total. The van der Waals surface area contributed by atoms with Crippen molar-refractivity contribution in [2.75, 3.05) is 26.2 Å². The Labute approximate surface area is 134 Å². The Bertz CT molecular complexity index is 357. The molecule has 0 aromatic carbocycles. The molecule has 0 atom stereocenters. The number of carbonyl (C=O) groups excluding carboxylic acids is 1. The Kier molecular flexibility index (Phi) is 6.70. The van der Waals surface area contributed by atoms with Gasteiger partial charge in [0.25, 0.3) is 0 Å². The number of hydrogen-bond acceptors (Lipinski definition) is 3. The molecule has 2 aliphatic rings. The molecule has 0 aromatic rings. The molecule has 1 saturated heterocycles. The van der Waals surface area contributed by atoms with E-state index in [1.807, 2.05) is 6.08 Å². The SMILES string of the molecule is C=CCN1CCC(NC(=O)NCC2(O)CCCCCC2)CC1. The van der Waals surface area contributed by atoms with Crippen LogP contribution in [0.25, 0.3) is 0 Å². The molecule has 1 heterocycles. The monoisotopic (exact) mass is 309 g/mol. The van der Waals surface area contributed by atoms with Gasteiger partial charge in [-0.1, -0.05) is 31.8 Å². The van der Waals surface area contributed by atoms with Crippen LogP contribution in [0.4, 0.5) is 4.79 Å². The fraction of sp³-hybridized carbons (Fsp3) is 0.824. The number of likely N-dealkylation sites (tertiary alicyclic amines) is 1. The van der Waals surface area contributed by atoms with Gasteiger partial charge in [0.05, 0.1) is 5.60 Å². The number of piperidine rings is 1. The third-order valence-corrected chi connectivity index (χ3v) is 4.92. The molecule has 0 spiro atoms. The molecule has 2 amide bonds. The maximum absolute atomic E-state index is 12.0. The summed E-state index contributed by atoms with van der Waals surface area (Å²) in [5.74, 6) is 0. The number of urea groups is 1. The lowest BCUT2D eigenvalue weighted by molar-refractivity contribution is 0.0275. The van der Waals surface area contributed by atoms with Gasteiger partial charge in [0, 0.05) is 32.2 Å². The highest BCUT2D eigenvalue weighted by atomic mass is 16.3. The van der Waals surface area contributed by atoms with E-state index in [4.69, 9.17) is 0 Å². The average molecular weight is 309 g/mol. The lowest BCUT2D eigenvalue weighted by atomic mass is 9.94. The number of amides is 2. The summed E-state index contributed by atoms with van der Waals surface area (Å²) in [5.41, 5.74) is -0.707. The maximum Gasteiger partial charge on any atom is 0.315 e. The van der Waals surface area contributed by atoms with Crippen LogP contribution < -0.4 is 10.6 Å². The van der Waals surface area contributed by atoms with Gasteiger partial charge in [-0.2, -0.15) is 0 Å². The second-order valence-corrected chi connectivity index (χ2v) is 6.83. The van der Waals surface area contributed by atoms with Crippen molar-refractivity contribution < 1.29 is 9.90 Å². The van der Waals surface area contributed by atoms with Crippen molar-refractivity contribution in [1.29, 1.82) is 0 Å². The van der Waals surface area contributed by atoms with E-state index >= 15 is 0 Å². The van der Waals surface area contributed by atoms with Crippen LogP contribution in [0.2, 0.25) is 0 Å². The first-order chi connectivity index (χ1) is 10.6. The number of nitrogens with zero attached hydrogens (tertiary/aromatic N) is 1. The van der Waals surface area contributed by atoms with Crippen LogP contribution in [0.1, 0.15) is 51.4 Å². The van der Waals surface area contributed by atoms with Crippen molar-refractivity contribution in [1.82, 2.24) is 15.5 Å². The van der Waals surface area contributed by atoms with Crippen molar-refractivity contribution in [3.63, 3.8) is 0 Å². The van der Waals surface area contributed by atoms with Crippen LogP contribution in [0, 0.1) is 0 Å². The van der Waals surface area contributed by atoms with Crippen LogP contribution in [0.15, 0.2) is 12.7 Å². The molecule has 0 unspecified atom stereocenters. The minimum Gasteiger partial charge on any atom is -0.388 e. The standard InChI is InChI=1S/C17H31N3O2/c1-2-11-20-12-7-15(8-13-20)19-16(21)18-14-17(22)9-5-3-4-6-10-17/h2,15,22H,1,3-14H2,(H2,18,19,21). The van der Waals surface area contributed by atoms with E-state index < -0.39 is 5.60 Å². The summed E-state index contributed by atoms with van der Waals surface area (Å²) in [6, 6.07) is 0.102. The molecule has 0 bridgehead atoms. The number of aliphatic hydroxyl groups is 1. The first-order valence-corrected chi connectivity index (χ1v) is 8.71. The summed E-state index contributed by atoms with van der Waals surface area (Å²) >= 11 is 0. The third-order valence-electron chi connectivity index (χ3n) is 4.92. The van der Waals surface area contributed by atoms with Crippen LogP contribution in [0.5, 0.6) is 0 Å². The van der Waals surface area contributed by atoms with Crippen molar-refractivity contribution >= 4 is 6.03 Å². The number of nitrogens with one attached hydrogen (secondary N) is 2. The fourth-order valence-electron chi connectivity index (χ4n) is 3.49. The Morgan fingerprint density at radius 2 is 1.86 bits per heavy atom. The molecule has 1 saturated carbocycles. The predicted molar refractivity (Wildman–Crippen MR) is 88.8 cm³/mol. The van der Waals surface area contributed by atoms with Gasteiger partial charge in [-0.3, -0.25) is 4.90 Å². The van der Waals surface area contributed by atoms with Gasteiger partial charge in [-0.05, 0) is 25.7 Å². The van der Waals surface area contributed by atoms with E-state index in [2.05, 4.69) is 22.1 Å². The van der Waals surface area contributed by atoms with Gasteiger partial charge < -0.3 is 15.7 Å². The van der Waals surface area contributed by atoms with Crippen molar-refractivity contribution in [2.24, 2.45) is 0 Å². The van der Waals surface area contributed by atoms with Gasteiger partial charge in [0.15, 0.2) is 0 Å². The molecule has 0 aromatic heterocycles. The molecule has 5 nitrogen and oxygen atoms in total. The van der Waals surface area contributed by atoms with Crippen molar-refractivity contribution in [2.45, 2.75) is 63.0 Å². The van der Waals surface area contributed by atoms with Gasteiger partial charge in [-0.25, -0.2) is 4.79 Å². The normalized spacial score (nSPS) is 23.5. The molecule has 1 aliphatic heterocycles. The summed E-state index contributed by atoms with van der Waals surface area (Å²) in [6.07, 6.45) is 9.98. The molecular weight excluding hydrogens is 278 g/mol. The first-order valence-electron chi connectivity index (χ1n) is 8.71. The largest absolute Gasteiger partial charge is 0.388 e. The van der Waals surface area contributed by atoms with Crippen LogP contribution in [-0.2, 0) is 0 Å². The van der Waals surface area contributed by atoms with E-state index in [0.29, 0.717) is 6.54 Å². The fourth-order valence-corrected chi connectivity index (χ4v) is 3.49. The Hall–Kier alpha value is -1.07. The maximum atomic E-state index is 12.0. The molecule has 0 radical (unpaired) electrons. The minimum absolute atomic E-state index is 0.139. The van der Waals surface area contributed by atoms with Gasteiger partial charge in [-0.15, -0.1) is 6.58 Å². The average Bonchev–Trinajstić information content (AvgIpc) is 2.73. The number of rotatable bonds is 5. The topological polar surface area (TPSA) is 64.6 Å². The van der Waals surface area contributed by atoms with Crippen molar-refractivity contribution in [3.8, 4) is 0 Å². The highest BCUT2D eigenvalue weighted by Crippen LogP contribution is 2.26. The zero-order chi connectivity index (χ0) is 15.8. The summed E-state index contributed by atoms with van der Waals surface area (Å²) < 4.78 is 0.